The number of nitrogens with one attached hydrogen (secondary N) is 1. The number of aromatic hydroxyl groups is 1. The summed E-state index contributed by atoms with van der Waals surface area (Å²) in [5.41, 5.74) is 1.30. The molecule has 1 aliphatic rings. The highest BCUT2D eigenvalue weighted by Crippen LogP contribution is 2.18. The first-order valence-corrected chi connectivity index (χ1v) is 7.36. The van der Waals surface area contributed by atoms with E-state index < -0.39 is 0 Å². The van der Waals surface area contributed by atoms with E-state index in [2.05, 4.69) is 17.1 Å². The van der Waals surface area contributed by atoms with Gasteiger partial charge in [-0.05, 0) is 56.5 Å². The van der Waals surface area contributed by atoms with Crippen LogP contribution in [0.5, 0.6) is 5.75 Å². The lowest BCUT2D eigenvalue weighted by Crippen LogP contribution is -2.34. The van der Waals surface area contributed by atoms with Gasteiger partial charge in [-0.15, -0.1) is 0 Å². The quantitative estimate of drug-likeness (QED) is 0.866. The number of phenolic OH excluding ortho intramolecular Hbond substituents is 1. The van der Waals surface area contributed by atoms with Crippen molar-refractivity contribution in [1.29, 1.82) is 0 Å². The Hall–Kier alpha value is -1.55. The maximum absolute atomic E-state index is 12.0. The molecule has 1 amide bonds. The first kappa shape index (κ1) is 14.9. The molecule has 110 valence electrons. The normalized spacial score (nSPS) is 17.1. The highest BCUT2D eigenvalue weighted by molar-refractivity contribution is 5.96. The van der Waals surface area contributed by atoms with E-state index in [9.17, 15) is 9.90 Å². The summed E-state index contributed by atoms with van der Waals surface area (Å²) in [5.74, 6) is 0.273. The van der Waals surface area contributed by atoms with Gasteiger partial charge in [-0.2, -0.15) is 0 Å². The summed E-state index contributed by atoms with van der Waals surface area (Å²) in [7, 11) is 0. The molecule has 1 aromatic carbocycles. The highest BCUT2D eigenvalue weighted by Gasteiger charge is 2.16. The van der Waals surface area contributed by atoms with Crippen LogP contribution < -0.4 is 5.32 Å². The Balaban J connectivity index is 1.81. The van der Waals surface area contributed by atoms with E-state index in [0.29, 0.717) is 18.0 Å². The summed E-state index contributed by atoms with van der Waals surface area (Å²) < 4.78 is 0. The lowest BCUT2D eigenvalue weighted by Gasteiger charge is -2.20. The number of aryl methyl sites for hydroxylation is 1. The summed E-state index contributed by atoms with van der Waals surface area (Å²) in [5, 5.41) is 12.7. The maximum Gasteiger partial charge on any atom is 0.255 e. The van der Waals surface area contributed by atoms with Crippen molar-refractivity contribution in [2.75, 3.05) is 26.2 Å². The van der Waals surface area contributed by atoms with Crippen LogP contribution in [0.1, 0.15) is 35.7 Å². The van der Waals surface area contributed by atoms with E-state index in [4.69, 9.17) is 0 Å². The molecule has 0 radical (unpaired) electrons. The third kappa shape index (κ3) is 3.97. The number of carbonyl (C=O) groups is 1. The molecule has 1 saturated heterocycles. The second-order valence-corrected chi connectivity index (χ2v) is 5.84. The van der Waals surface area contributed by atoms with Gasteiger partial charge in [-0.25, -0.2) is 0 Å². The number of hydrogen-bond donors (Lipinski definition) is 2. The van der Waals surface area contributed by atoms with Gasteiger partial charge in [0.2, 0.25) is 0 Å². The summed E-state index contributed by atoms with van der Waals surface area (Å²) in [6.07, 6.45) is 2.58. The van der Waals surface area contributed by atoms with Gasteiger partial charge in [0.15, 0.2) is 0 Å². The number of carbonyl (C=O) groups excluding carboxylic acids is 1. The largest absolute Gasteiger partial charge is 0.507 e. The Kier molecular flexibility index (Phi) is 5.01. The molecule has 1 heterocycles. The van der Waals surface area contributed by atoms with Crippen molar-refractivity contribution in [2.24, 2.45) is 5.92 Å². The van der Waals surface area contributed by atoms with Gasteiger partial charge in [0.05, 0.1) is 5.56 Å². The molecule has 0 spiro atoms. The molecule has 20 heavy (non-hydrogen) atoms. The second kappa shape index (κ2) is 6.75. The number of phenols is 1. The molecule has 4 nitrogen and oxygen atoms in total. The Morgan fingerprint density at radius 1 is 1.40 bits per heavy atom. The van der Waals surface area contributed by atoms with Gasteiger partial charge in [0.25, 0.3) is 5.91 Å². The van der Waals surface area contributed by atoms with Gasteiger partial charge in [0, 0.05) is 13.1 Å². The zero-order valence-corrected chi connectivity index (χ0v) is 12.4. The highest BCUT2D eigenvalue weighted by atomic mass is 16.3. The van der Waals surface area contributed by atoms with Gasteiger partial charge >= 0.3 is 0 Å². The first-order chi connectivity index (χ1) is 9.56. The van der Waals surface area contributed by atoms with Crippen LogP contribution in [0.3, 0.4) is 0 Å². The molecule has 0 aliphatic carbocycles. The van der Waals surface area contributed by atoms with Gasteiger partial charge < -0.3 is 15.3 Å². The third-order valence-corrected chi connectivity index (χ3v) is 3.78. The minimum atomic E-state index is -0.198. The lowest BCUT2D eigenvalue weighted by molar-refractivity contribution is 0.0942. The van der Waals surface area contributed by atoms with Crippen molar-refractivity contribution in [1.82, 2.24) is 10.2 Å². The van der Waals surface area contributed by atoms with E-state index in [0.717, 1.165) is 12.1 Å². The van der Waals surface area contributed by atoms with Gasteiger partial charge in [-0.3, -0.25) is 4.79 Å². The van der Waals surface area contributed by atoms with E-state index >= 15 is 0 Å². The predicted molar refractivity (Wildman–Crippen MR) is 80.0 cm³/mol. The van der Waals surface area contributed by atoms with Crippen molar-refractivity contribution >= 4 is 5.91 Å². The summed E-state index contributed by atoms with van der Waals surface area (Å²) in [6, 6.07) is 5.12. The smallest absolute Gasteiger partial charge is 0.255 e. The van der Waals surface area contributed by atoms with Crippen molar-refractivity contribution < 1.29 is 9.90 Å². The van der Waals surface area contributed by atoms with Gasteiger partial charge in [-0.1, -0.05) is 13.0 Å². The number of benzene rings is 1. The van der Waals surface area contributed by atoms with E-state index in [1.807, 2.05) is 13.0 Å². The molecule has 0 saturated carbocycles. The summed E-state index contributed by atoms with van der Waals surface area (Å²) in [4.78, 5) is 14.5. The van der Waals surface area contributed by atoms with Crippen molar-refractivity contribution in [2.45, 2.75) is 26.7 Å². The van der Waals surface area contributed by atoms with E-state index in [1.54, 1.807) is 12.1 Å². The average molecular weight is 276 g/mol. The molecule has 2 rings (SSSR count). The Bertz CT molecular complexity index is 468. The van der Waals surface area contributed by atoms with Crippen LogP contribution in [0.25, 0.3) is 0 Å². The van der Waals surface area contributed by atoms with Crippen molar-refractivity contribution in [3.8, 4) is 5.75 Å². The molecular weight excluding hydrogens is 252 g/mol. The Labute approximate surface area is 120 Å². The molecule has 4 heteroatoms. The van der Waals surface area contributed by atoms with Crippen LogP contribution in [0.2, 0.25) is 0 Å². The van der Waals surface area contributed by atoms with E-state index in [-0.39, 0.29) is 11.7 Å². The molecule has 1 aromatic rings. The molecule has 0 aromatic heterocycles. The monoisotopic (exact) mass is 276 g/mol. The van der Waals surface area contributed by atoms with Crippen LogP contribution in [-0.4, -0.2) is 42.1 Å². The van der Waals surface area contributed by atoms with Crippen molar-refractivity contribution in [3.63, 3.8) is 0 Å². The molecular formula is C16H24N2O2. The van der Waals surface area contributed by atoms with E-state index in [1.165, 1.54) is 25.9 Å². The zero-order valence-electron chi connectivity index (χ0n) is 12.4. The number of rotatable bonds is 5. The molecule has 1 unspecified atom stereocenters. The fourth-order valence-electron chi connectivity index (χ4n) is 2.67. The Morgan fingerprint density at radius 3 is 2.75 bits per heavy atom. The fourth-order valence-corrected chi connectivity index (χ4v) is 2.67. The zero-order chi connectivity index (χ0) is 14.5. The Morgan fingerprint density at radius 2 is 2.10 bits per heavy atom. The molecule has 1 aliphatic heterocycles. The molecule has 1 atom stereocenters. The SMILES string of the molecule is Cc1ccc(C(=O)NCC(C)CN2CCCC2)c(O)c1. The van der Waals surface area contributed by atoms with Crippen LogP contribution in [0.15, 0.2) is 18.2 Å². The third-order valence-electron chi connectivity index (χ3n) is 3.78. The number of hydrogen-bond acceptors (Lipinski definition) is 3. The van der Waals surface area contributed by atoms with Crippen LogP contribution in [0.4, 0.5) is 0 Å². The lowest BCUT2D eigenvalue weighted by atomic mass is 10.1. The number of amides is 1. The number of nitrogens with zero attached hydrogens (tertiary/aromatic N) is 1. The summed E-state index contributed by atoms with van der Waals surface area (Å²) >= 11 is 0. The van der Waals surface area contributed by atoms with Crippen LogP contribution >= 0.6 is 0 Å². The topological polar surface area (TPSA) is 52.6 Å². The number of likely N-dealkylation sites (tertiary alicyclic amines) is 1. The average Bonchev–Trinajstić information content (AvgIpc) is 2.89. The van der Waals surface area contributed by atoms with Crippen LogP contribution in [-0.2, 0) is 0 Å². The summed E-state index contributed by atoms with van der Waals surface area (Å²) in [6.45, 7) is 8.06. The maximum atomic E-state index is 12.0. The molecule has 2 N–H and O–H groups in total. The second-order valence-electron chi connectivity index (χ2n) is 5.84. The minimum absolute atomic E-state index is 0.0506. The van der Waals surface area contributed by atoms with Crippen LogP contribution in [0, 0.1) is 12.8 Å². The predicted octanol–water partition coefficient (Wildman–Crippen LogP) is 2.16. The molecule has 0 bridgehead atoms. The fraction of sp³-hybridized carbons (Fsp3) is 0.562. The molecule has 1 fully saturated rings. The van der Waals surface area contributed by atoms with Gasteiger partial charge in [0.1, 0.15) is 5.75 Å². The van der Waals surface area contributed by atoms with Crippen molar-refractivity contribution in [3.05, 3.63) is 29.3 Å². The standard InChI is InChI=1S/C16H24N2O2/c1-12-5-6-14(15(19)9-12)16(20)17-10-13(2)11-18-7-3-4-8-18/h5-6,9,13,19H,3-4,7-8,10-11H2,1-2H3,(H,17,20). The minimum Gasteiger partial charge on any atom is -0.507 e. The first-order valence-electron chi connectivity index (χ1n) is 7.36.